The Kier molecular flexibility index (Phi) is 6.33. The van der Waals surface area contributed by atoms with Crippen molar-refractivity contribution < 1.29 is 24.2 Å². The Morgan fingerprint density at radius 2 is 1.60 bits per heavy atom. The Balaban J connectivity index is 0. The fourth-order valence-electron chi connectivity index (χ4n) is 1.12. The van der Waals surface area contributed by atoms with E-state index in [1.807, 2.05) is 4.72 Å². The van der Waals surface area contributed by atoms with Gasteiger partial charge in [-0.3, -0.25) is 4.79 Å². The summed E-state index contributed by atoms with van der Waals surface area (Å²) in [5.41, 5.74) is 0.220. The molecular formula is C7H10NNaO5S. The van der Waals surface area contributed by atoms with Crippen molar-refractivity contribution in [3.63, 3.8) is 0 Å². The Morgan fingerprint density at radius 1 is 1.07 bits per heavy atom. The van der Waals surface area contributed by atoms with Crippen molar-refractivity contribution in [3.05, 3.63) is 29.8 Å². The predicted molar refractivity (Wildman–Crippen MR) is 55.5 cm³/mol. The number of carbonyl (C=O) groups is 1. The van der Waals surface area contributed by atoms with Crippen LogP contribution in [0.15, 0.2) is 29.2 Å². The number of hydrogen-bond acceptors (Lipinski definition) is 3. The molecule has 1 aromatic rings. The summed E-state index contributed by atoms with van der Waals surface area (Å²) in [4.78, 5) is 11.1. The van der Waals surface area contributed by atoms with Gasteiger partial charge in [0.05, 0.1) is 5.56 Å². The van der Waals surface area contributed by atoms with Crippen LogP contribution in [0.3, 0.4) is 0 Å². The van der Waals surface area contributed by atoms with Crippen LogP contribution in [0, 0.1) is 0 Å². The summed E-state index contributed by atoms with van der Waals surface area (Å²) in [6.45, 7) is 0. The third-order valence-corrected chi connectivity index (χ3v) is 3.04. The normalized spacial score (nSPS) is 14.8. The van der Waals surface area contributed by atoms with Gasteiger partial charge in [-0.1, -0.05) is 12.1 Å². The van der Waals surface area contributed by atoms with Gasteiger partial charge in [-0.15, -0.1) is 0 Å². The molecule has 0 radical (unpaired) electrons. The number of fused-ring (bicyclic) bond motifs is 1. The fraction of sp³-hybridized carbons (Fsp3) is 0. The molecule has 0 aromatic heterocycles. The summed E-state index contributed by atoms with van der Waals surface area (Å²) in [6, 6.07) is 6.09. The second-order valence-corrected chi connectivity index (χ2v) is 4.08. The van der Waals surface area contributed by atoms with E-state index in [1.54, 1.807) is 12.1 Å². The minimum absolute atomic E-state index is 0. The number of sulfonamides is 1. The number of rotatable bonds is 0. The van der Waals surface area contributed by atoms with Crippen LogP contribution in [0.25, 0.3) is 0 Å². The molecule has 1 aliphatic rings. The van der Waals surface area contributed by atoms with Crippen LogP contribution >= 0.6 is 0 Å². The van der Waals surface area contributed by atoms with Crippen molar-refractivity contribution in [2.75, 3.05) is 0 Å². The van der Waals surface area contributed by atoms with Crippen molar-refractivity contribution in [2.45, 2.75) is 4.90 Å². The summed E-state index contributed by atoms with van der Waals surface area (Å²) >= 11 is 0. The summed E-state index contributed by atoms with van der Waals surface area (Å²) in [6.07, 6.45) is 0. The average Bonchev–Trinajstić information content (AvgIpc) is 2.25. The molecule has 0 bridgehead atoms. The van der Waals surface area contributed by atoms with Gasteiger partial charge in [0, 0.05) is 0 Å². The van der Waals surface area contributed by atoms with Crippen LogP contribution in [0.4, 0.5) is 0 Å². The van der Waals surface area contributed by atoms with Crippen LogP contribution < -0.4 is 4.72 Å². The summed E-state index contributed by atoms with van der Waals surface area (Å²) in [7, 11) is -3.55. The van der Waals surface area contributed by atoms with Gasteiger partial charge in [-0.2, -0.15) is 0 Å². The Hall–Kier alpha value is -0.440. The molecule has 1 aromatic carbocycles. The Bertz CT molecular complexity index is 458. The van der Waals surface area contributed by atoms with Gasteiger partial charge in [-0.05, 0) is 12.1 Å². The van der Waals surface area contributed by atoms with Crippen LogP contribution in [0.5, 0.6) is 0 Å². The van der Waals surface area contributed by atoms with E-state index in [4.69, 9.17) is 0 Å². The van der Waals surface area contributed by atoms with E-state index in [1.165, 1.54) is 12.1 Å². The molecule has 80 valence electrons. The van der Waals surface area contributed by atoms with Gasteiger partial charge in [0.15, 0.2) is 0 Å². The molecule has 0 aliphatic carbocycles. The second kappa shape index (κ2) is 5.59. The van der Waals surface area contributed by atoms with Crippen LogP contribution in [-0.2, 0) is 10.0 Å². The zero-order valence-corrected chi connectivity index (χ0v) is 7.76. The van der Waals surface area contributed by atoms with E-state index in [2.05, 4.69) is 0 Å². The molecule has 0 saturated carbocycles. The molecule has 0 unspecified atom stereocenters. The summed E-state index contributed by atoms with van der Waals surface area (Å²) in [5, 5.41) is 0. The summed E-state index contributed by atoms with van der Waals surface area (Å²) in [5.74, 6) is -0.550. The number of amides is 1. The van der Waals surface area contributed by atoms with E-state index in [-0.39, 0.29) is 51.0 Å². The number of nitrogens with one attached hydrogen (secondary N) is 1. The first-order chi connectivity index (χ1) is 5.61. The molecule has 8 heteroatoms. The minimum atomic E-state index is -3.55. The zero-order valence-electron chi connectivity index (χ0n) is 6.94. The molecule has 0 atom stereocenters. The monoisotopic (exact) mass is 243 g/mol. The second-order valence-electron chi connectivity index (χ2n) is 2.43. The molecule has 0 saturated heterocycles. The van der Waals surface area contributed by atoms with E-state index < -0.39 is 15.9 Å². The molecule has 0 fully saturated rings. The third-order valence-electron chi connectivity index (χ3n) is 1.65. The first-order valence-electron chi connectivity index (χ1n) is 3.27. The zero-order chi connectivity index (χ0) is 8.77. The van der Waals surface area contributed by atoms with Gasteiger partial charge >= 0.3 is 29.6 Å². The summed E-state index contributed by atoms with van der Waals surface area (Å²) < 4.78 is 24.2. The van der Waals surface area contributed by atoms with Crippen molar-refractivity contribution in [1.29, 1.82) is 0 Å². The fourth-order valence-corrected chi connectivity index (χ4v) is 2.29. The van der Waals surface area contributed by atoms with Crippen LogP contribution in [0.2, 0.25) is 0 Å². The van der Waals surface area contributed by atoms with Crippen LogP contribution in [-0.4, -0.2) is 54.8 Å². The molecule has 6 nitrogen and oxygen atoms in total. The van der Waals surface area contributed by atoms with E-state index in [0.717, 1.165) is 0 Å². The maximum absolute atomic E-state index is 11.1. The van der Waals surface area contributed by atoms with E-state index in [0.29, 0.717) is 0 Å². The van der Waals surface area contributed by atoms with Crippen molar-refractivity contribution in [1.82, 2.24) is 4.72 Å². The quantitative estimate of drug-likeness (QED) is 0.520. The molecule has 15 heavy (non-hydrogen) atoms. The molecule has 5 N–H and O–H groups in total. The average molecular weight is 243 g/mol. The van der Waals surface area contributed by atoms with Crippen molar-refractivity contribution in [2.24, 2.45) is 0 Å². The van der Waals surface area contributed by atoms with E-state index >= 15 is 0 Å². The Labute approximate surface area is 109 Å². The predicted octanol–water partition coefficient (Wildman–Crippen LogP) is -2.18. The third kappa shape index (κ3) is 2.77. The topological polar surface area (TPSA) is 126 Å². The number of benzene rings is 1. The van der Waals surface area contributed by atoms with Crippen molar-refractivity contribution in [3.8, 4) is 0 Å². The van der Waals surface area contributed by atoms with Crippen molar-refractivity contribution >= 4 is 45.5 Å². The molecule has 0 spiro atoms. The molecule has 1 aliphatic heterocycles. The first kappa shape index (κ1) is 17.0. The molecule has 1 heterocycles. The van der Waals surface area contributed by atoms with Gasteiger partial charge in [0.1, 0.15) is 4.90 Å². The number of hydrogen-bond donors (Lipinski definition) is 1. The van der Waals surface area contributed by atoms with Crippen LogP contribution in [0.1, 0.15) is 10.4 Å². The van der Waals surface area contributed by atoms with Gasteiger partial charge < -0.3 is 11.0 Å². The SMILES string of the molecule is O.O.O=C1NS(=O)(=O)c2ccccc21.[NaH]. The maximum atomic E-state index is 11.1. The molecular weight excluding hydrogens is 233 g/mol. The van der Waals surface area contributed by atoms with Gasteiger partial charge in [-0.25, -0.2) is 13.1 Å². The first-order valence-corrected chi connectivity index (χ1v) is 4.76. The van der Waals surface area contributed by atoms with E-state index in [9.17, 15) is 13.2 Å². The Morgan fingerprint density at radius 3 is 2.13 bits per heavy atom. The number of carbonyl (C=O) groups excluding carboxylic acids is 1. The van der Waals surface area contributed by atoms with Gasteiger partial charge in [0.25, 0.3) is 15.9 Å². The van der Waals surface area contributed by atoms with Gasteiger partial charge in [0.2, 0.25) is 0 Å². The standard InChI is InChI=1S/C7H5NO3S.Na.2H2O.H/c9-7-5-3-1-2-4-6(5)12(10,11)8-7;;;;/h1-4H,(H,8,9);;2*1H2;. The molecule has 1 amide bonds. The molecule has 2 rings (SSSR count).